The summed E-state index contributed by atoms with van der Waals surface area (Å²) in [7, 11) is 0. The van der Waals surface area contributed by atoms with Gasteiger partial charge in [0.25, 0.3) is 0 Å². The minimum atomic E-state index is -2.41. The van der Waals surface area contributed by atoms with E-state index in [1.807, 2.05) is 6.07 Å². The van der Waals surface area contributed by atoms with E-state index in [0.717, 1.165) is 72.2 Å². The third-order valence-electron chi connectivity index (χ3n) is 15.8. The van der Waals surface area contributed by atoms with Gasteiger partial charge in [0.2, 0.25) is 0 Å². The first-order chi connectivity index (χ1) is 39.5. The van der Waals surface area contributed by atoms with Crippen molar-refractivity contribution in [2.75, 3.05) is 57.4 Å². The van der Waals surface area contributed by atoms with Gasteiger partial charge in [0, 0.05) is 41.9 Å². The molecule has 15 heteroatoms. The number of aromatic nitrogens is 1. The Balaban J connectivity index is 1.02. The Hall–Kier alpha value is -9.93. The lowest BCUT2D eigenvalue weighted by atomic mass is 9.44. The molecule has 1 aromatic heterocycles. The molecule has 9 aromatic carbocycles. The molecule has 3 heterocycles. The van der Waals surface area contributed by atoms with Crippen LogP contribution in [0.2, 0.25) is 0 Å². The van der Waals surface area contributed by atoms with Crippen LogP contribution in [0.3, 0.4) is 0 Å². The lowest BCUT2D eigenvalue weighted by molar-refractivity contribution is -0.329. The zero-order valence-corrected chi connectivity index (χ0v) is 45.5. The number of anilines is 1. The Morgan fingerprint density at radius 3 is 1.52 bits per heavy atom. The van der Waals surface area contributed by atoms with Crippen LogP contribution in [0.25, 0.3) is 70.2 Å². The predicted octanol–water partition coefficient (Wildman–Crippen LogP) is 10.4. The summed E-state index contributed by atoms with van der Waals surface area (Å²) in [4.78, 5) is 49.8. The Kier molecular flexibility index (Phi) is 13.5. The quantitative estimate of drug-likeness (QED) is 0.0294. The molecule has 82 heavy (non-hydrogen) atoms. The molecular formula is C67H55BN4O10. The van der Waals surface area contributed by atoms with Crippen molar-refractivity contribution in [3.05, 3.63) is 184 Å². The van der Waals surface area contributed by atoms with E-state index >= 15 is 0 Å². The molecule has 0 bridgehead atoms. The second-order valence-electron chi connectivity index (χ2n) is 21.4. The number of ether oxygens (including phenoxy) is 2. The molecule has 0 unspecified atom stereocenters. The highest BCUT2D eigenvalue weighted by Gasteiger charge is 2.51. The van der Waals surface area contributed by atoms with Crippen LogP contribution in [-0.4, -0.2) is 123 Å². The minimum absolute atomic E-state index is 0.00634. The normalized spacial score (nSPS) is 13.7. The van der Waals surface area contributed by atoms with Crippen molar-refractivity contribution in [3.8, 4) is 29.2 Å². The zero-order valence-electron chi connectivity index (χ0n) is 45.5. The van der Waals surface area contributed by atoms with Gasteiger partial charge in [0.05, 0.1) is 37.6 Å². The standard InChI is InChI=1S/C67H55BN4O10/c1-40-29-42(3)71-66(40)65(54-19-20-55(70(38-59(77)78)39-60(79)80)56(35-54)82-28-27-81-26-25-69(36-57(73)74)37-58(75)76)67-41(2)30-43(4)72(67)68(71,23-21-44-31-50-15-11-46-7-5-8-47-12-16-51(32-44)63(50)61(46)47)24-22-45-33-52-17-13-48-9-6-10-49-14-18-53(34-45)64(52)62(48)49/h5-20,29-35H,25-28,36-39H2,1-4H3,(H,73,74)(H,75,76)(H,77,78)(H,79,80). The van der Waals surface area contributed by atoms with Crippen molar-refractivity contribution in [1.29, 1.82) is 0 Å². The maximum absolute atomic E-state index is 12.3. The first kappa shape index (κ1) is 52.8. The molecule has 2 aliphatic rings. The van der Waals surface area contributed by atoms with E-state index in [1.165, 1.54) is 52.9 Å². The van der Waals surface area contributed by atoms with E-state index in [9.17, 15) is 39.6 Å². The van der Waals surface area contributed by atoms with E-state index in [0.29, 0.717) is 5.56 Å². The number of hydrogen-bond acceptors (Lipinski definition) is 8. The van der Waals surface area contributed by atoms with Gasteiger partial charge in [0.15, 0.2) is 5.70 Å². The van der Waals surface area contributed by atoms with Crippen molar-refractivity contribution in [1.82, 2.24) is 9.38 Å². The summed E-state index contributed by atoms with van der Waals surface area (Å²) in [6, 6.07) is 46.3. The van der Waals surface area contributed by atoms with Crippen LogP contribution in [0.4, 0.5) is 5.69 Å². The second kappa shape index (κ2) is 20.9. The molecule has 0 atom stereocenters. The van der Waals surface area contributed by atoms with E-state index in [4.69, 9.17) is 9.47 Å². The second-order valence-corrected chi connectivity index (χ2v) is 21.4. The number of aryl methyl sites for hydroxylation is 2. The number of nitrogens with zero attached hydrogens (tertiary/aromatic N) is 4. The lowest BCUT2D eigenvalue weighted by Gasteiger charge is -2.39. The van der Waals surface area contributed by atoms with E-state index in [2.05, 4.69) is 181 Å². The number of carbonyl (C=O) groups is 4. The van der Waals surface area contributed by atoms with Gasteiger partial charge in [0.1, 0.15) is 31.2 Å². The lowest BCUT2D eigenvalue weighted by Crippen LogP contribution is -2.57. The summed E-state index contributed by atoms with van der Waals surface area (Å²) in [5.74, 6) is 10.6. The molecule has 0 saturated carbocycles. The van der Waals surface area contributed by atoms with Gasteiger partial charge in [-0.25, -0.2) is 0 Å². The van der Waals surface area contributed by atoms with Crippen LogP contribution in [0.15, 0.2) is 151 Å². The van der Waals surface area contributed by atoms with Crippen molar-refractivity contribution in [2.24, 2.45) is 0 Å². The smallest absolute Gasteiger partial charge is 0.489 e. The van der Waals surface area contributed by atoms with Crippen LogP contribution >= 0.6 is 0 Å². The molecule has 10 aromatic rings. The molecule has 0 aliphatic carbocycles. The van der Waals surface area contributed by atoms with Crippen LogP contribution < -0.4 is 9.64 Å². The number of aliphatic carboxylic acids is 4. The molecule has 0 saturated heterocycles. The van der Waals surface area contributed by atoms with Crippen molar-refractivity contribution in [3.63, 3.8) is 0 Å². The Labute approximate surface area is 471 Å². The average Bonchev–Trinajstić information content (AvgIpc) is 1.93. The minimum Gasteiger partial charge on any atom is -0.489 e. The van der Waals surface area contributed by atoms with E-state index in [1.54, 1.807) is 12.1 Å². The Morgan fingerprint density at radius 1 is 0.561 bits per heavy atom. The zero-order chi connectivity index (χ0) is 57.1. The SMILES string of the molecule is CC1=CC(C)=[N+]2C1=C(c1ccc(N(CC(=O)O)CC(=O)O)c(OCCOCCN(CC(=O)O)CC(=O)O)c1)c1c(C)cc(C)n1[B-]2(C#Cc1cc2ccc3cccc4ccc(c1)c2c34)C#Cc1cc2ccc3cccc4ccc(c1)c2c34. The van der Waals surface area contributed by atoms with Gasteiger partial charge in [-0.15, -0.1) is 11.8 Å². The van der Waals surface area contributed by atoms with Crippen molar-refractivity contribution >= 4 is 112 Å². The third-order valence-corrected chi connectivity index (χ3v) is 15.8. The molecule has 0 fully saturated rings. The highest BCUT2D eigenvalue weighted by atomic mass is 16.5. The monoisotopic (exact) mass is 1090 g/mol. The van der Waals surface area contributed by atoms with Crippen molar-refractivity contribution in [2.45, 2.75) is 27.7 Å². The van der Waals surface area contributed by atoms with Gasteiger partial charge >= 0.3 is 30.3 Å². The highest BCUT2D eigenvalue weighted by molar-refractivity contribution is 6.87. The third kappa shape index (κ3) is 9.45. The van der Waals surface area contributed by atoms with Crippen LogP contribution in [-0.2, 0) is 23.9 Å². The average molecular weight is 1090 g/mol. The molecular weight excluding hydrogens is 1030 g/mol. The van der Waals surface area contributed by atoms with E-state index < -0.39 is 56.5 Å². The molecule has 0 radical (unpaired) electrons. The number of allylic oxidation sites excluding steroid dienone is 2. The molecule has 4 N–H and O–H groups in total. The summed E-state index contributed by atoms with van der Waals surface area (Å²) >= 11 is 0. The molecule has 406 valence electrons. The summed E-state index contributed by atoms with van der Waals surface area (Å²) in [6.45, 7) is 5.95. The van der Waals surface area contributed by atoms with E-state index in [-0.39, 0.29) is 37.8 Å². The fraction of sp³-hybridized carbons (Fsp3) is 0.179. The highest BCUT2D eigenvalue weighted by Crippen LogP contribution is 2.46. The van der Waals surface area contributed by atoms with Gasteiger partial charge in [-0.2, -0.15) is 11.6 Å². The van der Waals surface area contributed by atoms with Gasteiger partial charge in [-0.05, 0) is 145 Å². The maximum Gasteiger partial charge on any atom is 0.520 e. The number of benzene rings is 9. The number of carboxylic acids is 4. The number of fused-ring (bicyclic) bond motifs is 2. The predicted molar refractivity (Wildman–Crippen MR) is 322 cm³/mol. The molecule has 12 rings (SSSR count). The summed E-state index contributed by atoms with van der Waals surface area (Å²) < 4.78 is 16.8. The Bertz CT molecular complexity index is 4260. The number of rotatable bonds is 17. The summed E-state index contributed by atoms with van der Waals surface area (Å²) in [6.07, 6.45) is -0.270. The first-order valence-electron chi connectivity index (χ1n) is 27.1. The molecule has 2 aliphatic heterocycles. The fourth-order valence-electron chi connectivity index (χ4n) is 12.8. The van der Waals surface area contributed by atoms with Gasteiger partial charge in [-0.3, -0.25) is 24.1 Å². The first-order valence-corrected chi connectivity index (χ1v) is 27.1. The number of hydrogen-bond donors (Lipinski definition) is 4. The largest absolute Gasteiger partial charge is 0.520 e. The van der Waals surface area contributed by atoms with Gasteiger partial charge in [-0.1, -0.05) is 91.0 Å². The molecule has 0 spiro atoms. The summed E-state index contributed by atoms with van der Waals surface area (Å²) in [5.41, 5.74) is 8.89. The Morgan fingerprint density at radius 2 is 1.04 bits per heavy atom. The van der Waals surface area contributed by atoms with Crippen LogP contribution in [0, 0.1) is 37.3 Å². The molecule has 0 amide bonds. The summed E-state index contributed by atoms with van der Waals surface area (Å²) in [5, 5.41) is 52.6. The number of carboxylic acid groups (broad SMARTS) is 4. The fourth-order valence-corrected chi connectivity index (χ4v) is 12.8. The van der Waals surface area contributed by atoms with Gasteiger partial charge < -0.3 is 43.8 Å². The molecule has 14 nitrogen and oxygen atoms in total. The maximum atomic E-state index is 12.3. The van der Waals surface area contributed by atoms with Crippen LogP contribution in [0.1, 0.15) is 47.5 Å². The van der Waals surface area contributed by atoms with Crippen molar-refractivity contribution < 1.29 is 53.6 Å². The van der Waals surface area contributed by atoms with Crippen LogP contribution in [0.5, 0.6) is 5.75 Å². The topological polar surface area (TPSA) is 182 Å².